The molecule has 264 valence electrons. The first-order valence-electron chi connectivity index (χ1n) is 19.0. The molecule has 0 atom stereocenters. The number of anilines is 3. The summed E-state index contributed by atoms with van der Waals surface area (Å²) in [5.41, 5.74) is 14.4. The van der Waals surface area contributed by atoms with Crippen LogP contribution in [0, 0.1) is 0 Å². The molecular formula is C51H35N5. The Labute approximate surface area is 324 Å². The van der Waals surface area contributed by atoms with Crippen molar-refractivity contribution in [3.63, 3.8) is 0 Å². The molecule has 0 unspecified atom stereocenters. The molecular weight excluding hydrogens is 683 g/mol. The molecule has 4 aromatic heterocycles. The van der Waals surface area contributed by atoms with E-state index in [1.807, 2.05) is 24.5 Å². The maximum absolute atomic E-state index is 5.21. The van der Waals surface area contributed by atoms with E-state index >= 15 is 0 Å². The van der Waals surface area contributed by atoms with Crippen LogP contribution in [-0.2, 0) is 0 Å². The van der Waals surface area contributed by atoms with Gasteiger partial charge in [-0.2, -0.15) is 0 Å². The summed E-state index contributed by atoms with van der Waals surface area (Å²) in [5, 5.41) is 5.94. The molecule has 0 radical (unpaired) electrons. The molecule has 1 aliphatic rings. The maximum Gasteiger partial charge on any atom is 0.137 e. The van der Waals surface area contributed by atoms with E-state index in [1.165, 1.54) is 38.1 Å². The van der Waals surface area contributed by atoms with E-state index in [9.17, 15) is 0 Å². The Morgan fingerprint density at radius 2 is 1.27 bits per heavy atom. The highest BCUT2D eigenvalue weighted by molar-refractivity contribution is 6.25. The lowest BCUT2D eigenvalue weighted by molar-refractivity contribution is 1.03. The number of fused-ring (bicyclic) bond motifs is 7. The highest BCUT2D eigenvalue weighted by atomic mass is 15.2. The summed E-state index contributed by atoms with van der Waals surface area (Å²) < 4.78 is 4.59. The van der Waals surface area contributed by atoms with Gasteiger partial charge in [-0.25, -0.2) is 4.98 Å². The molecule has 10 aromatic rings. The van der Waals surface area contributed by atoms with E-state index in [-0.39, 0.29) is 0 Å². The Bertz CT molecular complexity index is 3210. The number of pyridine rings is 2. The second-order valence-electron chi connectivity index (χ2n) is 14.2. The molecule has 0 fully saturated rings. The number of rotatable bonds is 6. The first-order valence-corrected chi connectivity index (χ1v) is 19.0. The molecule has 11 rings (SSSR count). The van der Waals surface area contributed by atoms with Crippen LogP contribution in [0.4, 0.5) is 17.1 Å². The van der Waals surface area contributed by atoms with Crippen LogP contribution in [0.25, 0.3) is 89.5 Å². The summed E-state index contributed by atoms with van der Waals surface area (Å²) in [7, 11) is 0. The van der Waals surface area contributed by atoms with Gasteiger partial charge in [-0.1, -0.05) is 110 Å². The molecule has 0 N–H and O–H groups in total. The van der Waals surface area contributed by atoms with Crippen LogP contribution in [0.3, 0.4) is 0 Å². The van der Waals surface area contributed by atoms with Crippen molar-refractivity contribution in [3.05, 3.63) is 188 Å². The quantitative estimate of drug-likeness (QED) is 0.172. The number of hydrogen-bond donors (Lipinski definition) is 0. The van der Waals surface area contributed by atoms with Crippen molar-refractivity contribution in [2.75, 3.05) is 4.90 Å². The molecule has 1 aliphatic heterocycles. The van der Waals surface area contributed by atoms with Gasteiger partial charge in [0.25, 0.3) is 0 Å². The zero-order chi connectivity index (χ0) is 37.3. The predicted octanol–water partition coefficient (Wildman–Crippen LogP) is 13.5. The number of allylic oxidation sites excluding steroid dienone is 1. The van der Waals surface area contributed by atoms with Gasteiger partial charge in [0, 0.05) is 50.1 Å². The van der Waals surface area contributed by atoms with E-state index in [1.54, 1.807) is 0 Å². The average molecular weight is 718 g/mol. The van der Waals surface area contributed by atoms with Gasteiger partial charge < -0.3 is 9.47 Å². The average Bonchev–Trinajstić information content (AvgIpc) is 3.77. The van der Waals surface area contributed by atoms with Gasteiger partial charge in [0.2, 0.25) is 0 Å². The monoisotopic (exact) mass is 717 g/mol. The third-order valence-electron chi connectivity index (χ3n) is 11.2. The second-order valence-corrected chi connectivity index (χ2v) is 14.2. The molecule has 0 aliphatic carbocycles. The first-order chi connectivity index (χ1) is 27.7. The lowest BCUT2D eigenvalue weighted by atomic mass is 9.87. The zero-order valence-corrected chi connectivity index (χ0v) is 30.8. The minimum absolute atomic E-state index is 0.859. The Kier molecular flexibility index (Phi) is 7.16. The normalized spacial score (nSPS) is 12.3. The highest BCUT2D eigenvalue weighted by Crippen LogP contribution is 2.56. The maximum atomic E-state index is 5.21. The van der Waals surface area contributed by atoms with E-state index in [4.69, 9.17) is 9.97 Å². The Morgan fingerprint density at radius 3 is 2.04 bits per heavy atom. The fourth-order valence-corrected chi connectivity index (χ4v) is 8.99. The van der Waals surface area contributed by atoms with Gasteiger partial charge in [0.05, 0.1) is 51.2 Å². The van der Waals surface area contributed by atoms with Gasteiger partial charge in [0.15, 0.2) is 0 Å². The summed E-state index contributed by atoms with van der Waals surface area (Å²) in [6, 6.07) is 54.2. The lowest BCUT2D eigenvalue weighted by Crippen LogP contribution is -2.15. The summed E-state index contributed by atoms with van der Waals surface area (Å²) >= 11 is 0. The SMILES string of the molecule is C=Cc1c(/C=C\C)n(-c2ccc(-n3c4ccccc4c4c5c(ccc43)-c3ccc(-c4ccccn4)c4cccc(c34)N5c3ccccc3)nc2)c2ccccc12. The van der Waals surface area contributed by atoms with Gasteiger partial charge in [-0.15, -0.1) is 0 Å². The number of aromatic nitrogens is 4. The standard InChI is InChI=1S/C51H35N5/c1-3-15-43-35(4-2)37-18-8-10-22-44(37)54(43)34-25-30-48(53-32-34)56-45-23-11-9-19-41(45)50-47(56)29-28-40-39-27-26-36(42-21-12-13-31-52-42)38-20-14-24-46(49(38)39)55(51(40)50)33-16-6-5-7-17-33/h3-32H,2H2,1H3/b15-3-. The van der Waals surface area contributed by atoms with Crippen molar-refractivity contribution in [2.45, 2.75) is 6.92 Å². The number of benzene rings is 6. The fourth-order valence-electron chi connectivity index (χ4n) is 8.99. The smallest absolute Gasteiger partial charge is 0.137 e. The van der Waals surface area contributed by atoms with Crippen LogP contribution in [-0.4, -0.2) is 19.1 Å². The van der Waals surface area contributed by atoms with Crippen LogP contribution in [0.1, 0.15) is 18.2 Å². The molecule has 0 spiro atoms. The van der Waals surface area contributed by atoms with Crippen LogP contribution >= 0.6 is 0 Å². The summed E-state index contributed by atoms with van der Waals surface area (Å²) in [5.74, 6) is 0.859. The molecule has 0 amide bonds. The fraction of sp³-hybridized carbons (Fsp3) is 0.0196. The summed E-state index contributed by atoms with van der Waals surface area (Å²) in [4.78, 5) is 12.4. The second kappa shape index (κ2) is 12.5. The van der Waals surface area contributed by atoms with Crippen LogP contribution in [0.5, 0.6) is 0 Å². The molecule has 56 heavy (non-hydrogen) atoms. The molecule has 5 heteroatoms. The molecule has 0 saturated heterocycles. The lowest BCUT2D eigenvalue weighted by Gasteiger charge is -2.34. The van der Waals surface area contributed by atoms with Crippen molar-refractivity contribution in [1.29, 1.82) is 0 Å². The van der Waals surface area contributed by atoms with Crippen molar-refractivity contribution in [1.82, 2.24) is 19.1 Å². The largest absolute Gasteiger partial charge is 0.309 e. The summed E-state index contributed by atoms with van der Waals surface area (Å²) in [6.45, 7) is 6.21. The van der Waals surface area contributed by atoms with Crippen molar-refractivity contribution in [2.24, 2.45) is 0 Å². The first kappa shape index (κ1) is 32.0. The summed E-state index contributed by atoms with van der Waals surface area (Å²) in [6.07, 6.45) is 10.0. The minimum Gasteiger partial charge on any atom is -0.309 e. The topological polar surface area (TPSA) is 38.9 Å². The third-order valence-corrected chi connectivity index (χ3v) is 11.2. The third kappa shape index (κ3) is 4.55. The number of nitrogens with zero attached hydrogens (tertiary/aromatic N) is 5. The van der Waals surface area contributed by atoms with Crippen LogP contribution in [0.2, 0.25) is 0 Å². The number of para-hydroxylation sites is 3. The van der Waals surface area contributed by atoms with Crippen molar-refractivity contribution in [3.8, 4) is 33.9 Å². The molecule has 5 heterocycles. The van der Waals surface area contributed by atoms with Crippen LogP contribution < -0.4 is 4.90 Å². The predicted molar refractivity (Wildman–Crippen MR) is 235 cm³/mol. The zero-order valence-electron chi connectivity index (χ0n) is 30.8. The van der Waals surface area contributed by atoms with Gasteiger partial charge in [-0.3, -0.25) is 9.55 Å². The van der Waals surface area contributed by atoms with Crippen LogP contribution in [0.15, 0.2) is 177 Å². The van der Waals surface area contributed by atoms with Gasteiger partial charge in [-0.05, 0) is 84.6 Å². The van der Waals surface area contributed by atoms with E-state index in [2.05, 4.69) is 185 Å². The minimum atomic E-state index is 0.859. The number of hydrogen-bond acceptors (Lipinski definition) is 3. The van der Waals surface area contributed by atoms with E-state index in [0.29, 0.717) is 0 Å². The van der Waals surface area contributed by atoms with Crippen molar-refractivity contribution >= 4 is 72.7 Å². The van der Waals surface area contributed by atoms with E-state index in [0.717, 1.165) is 67.6 Å². The Hall–Kier alpha value is -7.50. The molecule has 0 saturated carbocycles. The van der Waals surface area contributed by atoms with Crippen molar-refractivity contribution < 1.29 is 0 Å². The molecule has 0 bridgehead atoms. The molecule has 5 nitrogen and oxygen atoms in total. The highest BCUT2D eigenvalue weighted by Gasteiger charge is 2.31. The Morgan fingerprint density at radius 1 is 0.536 bits per heavy atom. The van der Waals surface area contributed by atoms with Gasteiger partial charge >= 0.3 is 0 Å². The Balaban J connectivity index is 1.17. The van der Waals surface area contributed by atoms with E-state index < -0.39 is 0 Å². The molecule has 6 aromatic carbocycles. The van der Waals surface area contributed by atoms with Gasteiger partial charge in [0.1, 0.15) is 5.82 Å².